The fraction of sp³-hybridized carbons (Fsp3) is 0.900. The molecule has 5 heteroatoms. The fourth-order valence-corrected chi connectivity index (χ4v) is 1.67. The Morgan fingerprint density at radius 3 is 2.53 bits per heavy atom. The summed E-state index contributed by atoms with van der Waals surface area (Å²) in [5.41, 5.74) is 0. The number of nitrogens with zero attached hydrogens (tertiary/aromatic N) is 1. The summed E-state index contributed by atoms with van der Waals surface area (Å²) in [5, 5.41) is 0. The van der Waals surface area contributed by atoms with Gasteiger partial charge >= 0.3 is 0 Å². The zero-order valence-corrected chi connectivity index (χ0v) is 10.4. The van der Waals surface area contributed by atoms with Gasteiger partial charge in [-0.05, 0) is 32.8 Å². The molecule has 0 saturated carbocycles. The normalized spacial score (nSPS) is 17.9. The number of morpholine rings is 1. The van der Waals surface area contributed by atoms with Crippen molar-refractivity contribution in [2.24, 2.45) is 0 Å². The lowest BCUT2D eigenvalue weighted by molar-refractivity contribution is -0.137. The van der Waals surface area contributed by atoms with Crippen LogP contribution in [0.25, 0.3) is 0 Å². The first kappa shape index (κ1) is 12.8. The van der Waals surface area contributed by atoms with Gasteiger partial charge in [0.1, 0.15) is 6.61 Å². The Balaban J connectivity index is 2.17. The number of rotatable bonds is 3. The molecular formula is C10H19NO3S. The van der Waals surface area contributed by atoms with E-state index in [4.69, 9.17) is 8.92 Å². The number of amides is 1. The van der Waals surface area contributed by atoms with Gasteiger partial charge in [0.2, 0.25) is 5.91 Å². The van der Waals surface area contributed by atoms with Crippen LogP contribution in [-0.4, -0.2) is 48.5 Å². The SMILES string of the molecule is CC(C)(C)SOCC(=O)N1CCOCC1. The lowest BCUT2D eigenvalue weighted by Crippen LogP contribution is -2.42. The monoisotopic (exact) mass is 233 g/mol. The van der Waals surface area contributed by atoms with Crippen LogP contribution in [-0.2, 0) is 13.7 Å². The first-order chi connectivity index (χ1) is 6.99. The van der Waals surface area contributed by atoms with Crippen LogP contribution in [0.2, 0.25) is 0 Å². The lowest BCUT2D eigenvalue weighted by Gasteiger charge is -2.27. The van der Waals surface area contributed by atoms with Crippen molar-refractivity contribution >= 4 is 17.9 Å². The van der Waals surface area contributed by atoms with Crippen molar-refractivity contribution < 1.29 is 13.7 Å². The predicted octanol–water partition coefficient (Wildman–Crippen LogP) is 1.31. The molecule has 0 aromatic carbocycles. The molecule has 4 nitrogen and oxygen atoms in total. The van der Waals surface area contributed by atoms with Crippen molar-refractivity contribution in [3.8, 4) is 0 Å². The predicted molar refractivity (Wildman–Crippen MR) is 60.7 cm³/mol. The summed E-state index contributed by atoms with van der Waals surface area (Å²) in [6, 6.07) is 0. The topological polar surface area (TPSA) is 38.8 Å². The van der Waals surface area contributed by atoms with Gasteiger partial charge in [-0.3, -0.25) is 4.79 Å². The molecule has 1 amide bonds. The average Bonchev–Trinajstić information content (AvgIpc) is 2.17. The molecule has 1 fully saturated rings. The van der Waals surface area contributed by atoms with Gasteiger partial charge in [-0.25, -0.2) is 0 Å². The van der Waals surface area contributed by atoms with Crippen LogP contribution in [0.1, 0.15) is 20.8 Å². The lowest BCUT2D eigenvalue weighted by atomic mass is 10.3. The largest absolute Gasteiger partial charge is 0.378 e. The molecule has 1 aliphatic heterocycles. The van der Waals surface area contributed by atoms with E-state index in [1.54, 1.807) is 4.90 Å². The molecule has 0 radical (unpaired) electrons. The Morgan fingerprint density at radius 1 is 1.40 bits per heavy atom. The Hall–Kier alpha value is -0.260. The molecule has 0 bridgehead atoms. The molecule has 0 spiro atoms. The molecule has 1 aliphatic rings. The molecule has 0 unspecified atom stereocenters. The highest BCUT2D eigenvalue weighted by molar-refractivity contribution is 7.96. The minimum Gasteiger partial charge on any atom is -0.378 e. The second-order valence-electron chi connectivity index (χ2n) is 4.45. The van der Waals surface area contributed by atoms with E-state index in [1.807, 2.05) is 0 Å². The highest BCUT2D eigenvalue weighted by Crippen LogP contribution is 2.23. The van der Waals surface area contributed by atoms with Gasteiger partial charge in [0.25, 0.3) is 0 Å². The summed E-state index contributed by atoms with van der Waals surface area (Å²) in [4.78, 5) is 13.4. The van der Waals surface area contributed by atoms with Gasteiger partial charge < -0.3 is 13.8 Å². The van der Waals surface area contributed by atoms with E-state index in [0.717, 1.165) is 0 Å². The summed E-state index contributed by atoms with van der Waals surface area (Å²) in [6.45, 7) is 8.95. The molecule has 88 valence electrons. The standard InChI is InChI=1S/C10H19NO3S/c1-10(2,3)15-14-8-9(12)11-4-6-13-7-5-11/h4-8H2,1-3H3. The van der Waals surface area contributed by atoms with E-state index in [1.165, 1.54) is 12.0 Å². The number of hydrogen-bond donors (Lipinski definition) is 0. The molecular weight excluding hydrogens is 214 g/mol. The summed E-state index contributed by atoms with van der Waals surface area (Å²) in [6.07, 6.45) is 0. The van der Waals surface area contributed by atoms with E-state index < -0.39 is 0 Å². The minimum atomic E-state index is 0.0330. The first-order valence-corrected chi connectivity index (χ1v) is 5.89. The zero-order chi connectivity index (χ0) is 11.3. The van der Waals surface area contributed by atoms with Crippen molar-refractivity contribution in [3.05, 3.63) is 0 Å². The Kier molecular flexibility index (Phi) is 4.89. The van der Waals surface area contributed by atoms with Crippen molar-refractivity contribution in [2.75, 3.05) is 32.9 Å². The molecule has 1 heterocycles. The number of carbonyl (C=O) groups excluding carboxylic acids is 1. The van der Waals surface area contributed by atoms with Gasteiger partial charge in [-0.1, -0.05) is 0 Å². The van der Waals surface area contributed by atoms with Gasteiger partial charge in [0, 0.05) is 17.8 Å². The van der Waals surface area contributed by atoms with Crippen molar-refractivity contribution in [1.29, 1.82) is 0 Å². The van der Waals surface area contributed by atoms with Gasteiger partial charge in [-0.2, -0.15) is 0 Å². The van der Waals surface area contributed by atoms with E-state index in [-0.39, 0.29) is 17.3 Å². The van der Waals surface area contributed by atoms with E-state index in [0.29, 0.717) is 26.3 Å². The third-order valence-electron chi connectivity index (χ3n) is 1.86. The number of carbonyl (C=O) groups is 1. The third kappa shape index (κ3) is 5.39. The Bertz CT molecular complexity index is 209. The van der Waals surface area contributed by atoms with Crippen LogP contribution >= 0.6 is 12.0 Å². The van der Waals surface area contributed by atoms with Crippen molar-refractivity contribution in [2.45, 2.75) is 25.5 Å². The molecule has 0 N–H and O–H groups in total. The number of ether oxygens (including phenoxy) is 1. The van der Waals surface area contributed by atoms with E-state index in [2.05, 4.69) is 20.8 Å². The molecule has 0 aromatic heterocycles. The second kappa shape index (κ2) is 5.72. The van der Waals surface area contributed by atoms with Gasteiger partial charge in [-0.15, -0.1) is 0 Å². The molecule has 1 rings (SSSR count). The average molecular weight is 233 g/mol. The maximum Gasteiger partial charge on any atom is 0.250 e. The molecule has 0 atom stereocenters. The van der Waals surface area contributed by atoms with Crippen LogP contribution in [0.5, 0.6) is 0 Å². The van der Waals surface area contributed by atoms with Gasteiger partial charge in [0.05, 0.1) is 13.2 Å². The Labute approximate surface area is 95.5 Å². The summed E-state index contributed by atoms with van der Waals surface area (Å²) < 4.78 is 10.5. The summed E-state index contributed by atoms with van der Waals surface area (Å²) in [7, 11) is 0. The van der Waals surface area contributed by atoms with Crippen LogP contribution in [0.4, 0.5) is 0 Å². The molecule has 15 heavy (non-hydrogen) atoms. The molecule has 0 aromatic rings. The van der Waals surface area contributed by atoms with Crippen LogP contribution < -0.4 is 0 Å². The smallest absolute Gasteiger partial charge is 0.250 e. The fourth-order valence-electron chi connectivity index (χ4n) is 1.16. The maximum absolute atomic E-state index is 11.6. The van der Waals surface area contributed by atoms with E-state index >= 15 is 0 Å². The molecule has 1 saturated heterocycles. The van der Waals surface area contributed by atoms with Crippen LogP contribution in [0, 0.1) is 0 Å². The van der Waals surface area contributed by atoms with Crippen LogP contribution in [0.15, 0.2) is 0 Å². The Morgan fingerprint density at radius 2 is 2.00 bits per heavy atom. The minimum absolute atomic E-state index is 0.0330. The van der Waals surface area contributed by atoms with E-state index in [9.17, 15) is 4.79 Å². The number of hydrogen-bond acceptors (Lipinski definition) is 4. The van der Waals surface area contributed by atoms with Crippen LogP contribution in [0.3, 0.4) is 0 Å². The van der Waals surface area contributed by atoms with Crippen molar-refractivity contribution in [1.82, 2.24) is 4.90 Å². The first-order valence-electron chi connectivity index (χ1n) is 5.15. The second-order valence-corrected chi connectivity index (χ2v) is 6.08. The highest BCUT2D eigenvalue weighted by Gasteiger charge is 2.18. The third-order valence-corrected chi connectivity index (χ3v) is 2.59. The quantitative estimate of drug-likeness (QED) is 0.689. The highest BCUT2D eigenvalue weighted by atomic mass is 32.2. The zero-order valence-electron chi connectivity index (χ0n) is 9.62. The van der Waals surface area contributed by atoms with Crippen molar-refractivity contribution in [3.63, 3.8) is 0 Å². The summed E-state index contributed by atoms with van der Waals surface area (Å²) in [5.74, 6) is 0.0510. The molecule has 0 aliphatic carbocycles. The van der Waals surface area contributed by atoms with Gasteiger partial charge in [0.15, 0.2) is 0 Å². The summed E-state index contributed by atoms with van der Waals surface area (Å²) >= 11 is 1.35. The maximum atomic E-state index is 11.6.